The van der Waals surface area contributed by atoms with Crippen LogP contribution in [0.4, 0.5) is 5.69 Å². The molecule has 3 rings (SSSR count). The molecule has 0 heterocycles. The molecule has 0 atom stereocenters. The van der Waals surface area contributed by atoms with Crippen molar-refractivity contribution in [2.45, 2.75) is 18.3 Å². The average Bonchev–Trinajstić information content (AvgIpc) is 3.40. The van der Waals surface area contributed by atoms with Crippen LogP contribution in [0.15, 0.2) is 42.5 Å². The number of rotatable bonds is 7. The van der Waals surface area contributed by atoms with Gasteiger partial charge in [0.2, 0.25) is 5.91 Å². The number of amides is 1. The molecule has 2 aromatic rings. The van der Waals surface area contributed by atoms with Crippen LogP contribution in [-0.4, -0.2) is 26.2 Å². The summed E-state index contributed by atoms with van der Waals surface area (Å²) >= 11 is 12.2. The molecular weight excluding hydrogens is 361 g/mol. The molecule has 1 saturated carbocycles. The number of methoxy groups -OCH3 is 1. The number of ether oxygens (including phenoxy) is 2. The molecule has 0 saturated heterocycles. The van der Waals surface area contributed by atoms with Gasteiger partial charge in [0, 0.05) is 12.1 Å². The van der Waals surface area contributed by atoms with Crippen molar-refractivity contribution in [3.63, 3.8) is 0 Å². The van der Waals surface area contributed by atoms with Crippen molar-refractivity contribution in [3.8, 4) is 5.75 Å². The van der Waals surface area contributed by atoms with E-state index in [4.69, 9.17) is 32.7 Å². The minimum atomic E-state index is -0.503. The third-order valence-corrected chi connectivity index (χ3v) is 4.88. The van der Waals surface area contributed by atoms with Crippen molar-refractivity contribution in [2.24, 2.45) is 0 Å². The Kier molecular flexibility index (Phi) is 5.52. The molecule has 0 spiro atoms. The van der Waals surface area contributed by atoms with Crippen LogP contribution in [0.2, 0.25) is 10.0 Å². The van der Waals surface area contributed by atoms with Crippen LogP contribution < -0.4 is 10.1 Å². The van der Waals surface area contributed by atoms with E-state index in [2.05, 4.69) is 5.32 Å². The molecule has 1 fully saturated rings. The summed E-state index contributed by atoms with van der Waals surface area (Å²) in [5.74, 6) is 0.398. The summed E-state index contributed by atoms with van der Waals surface area (Å²) in [7, 11) is 1.60. The van der Waals surface area contributed by atoms with Crippen LogP contribution in [0.5, 0.6) is 5.75 Å². The molecule has 4 nitrogen and oxygen atoms in total. The summed E-state index contributed by atoms with van der Waals surface area (Å²) in [4.78, 5) is 12.9. The minimum absolute atomic E-state index is 0.0614. The van der Waals surface area contributed by atoms with E-state index >= 15 is 0 Å². The van der Waals surface area contributed by atoms with Gasteiger partial charge in [-0.15, -0.1) is 0 Å². The number of nitrogens with one attached hydrogen (secondary N) is 1. The lowest BCUT2D eigenvalue weighted by atomic mass is 9.95. The number of anilines is 1. The van der Waals surface area contributed by atoms with Gasteiger partial charge < -0.3 is 14.8 Å². The number of benzene rings is 2. The lowest BCUT2D eigenvalue weighted by Crippen LogP contribution is -2.28. The fourth-order valence-corrected chi connectivity index (χ4v) is 3.12. The average molecular weight is 380 g/mol. The summed E-state index contributed by atoms with van der Waals surface area (Å²) in [5, 5.41) is 4.08. The van der Waals surface area contributed by atoms with Crippen molar-refractivity contribution < 1.29 is 14.3 Å². The van der Waals surface area contributed by atoms with Crippen molar-refractivity contribution >= 4 is 34.8 Å². The van der Waals surface area contributed by atoms with Crippen LogP contribution in [0.1, 0.15) is 18.4 Å². The molecule has 1 aliphatic carbocycles. The standard InChI is InChI=1S/C19H19Cl2NO3/c1-24-11-12-25-17-15(21)3-2-4-16(17)22-18(23)19(9-10-19)13-5-7-14(20)8-6-13/h2-8H,9-12H2,1H3,(H,22,23). The van der Waals surface area contributed by atoms with Crippen LogP contribution in [0.3, 0.4) is 0 Å². The van der Waals surface area contributed by atoms with Crippen molar-refractivity contribution in [3.05, 3.63) is 58.1 Å². The Hall–Kier alpha value is -1.75. The molecule has 1 N–H and O–H groups in total. The Morgan fingerprint density at radius 2 is 1.84 bits per heavy atom. The number of hydrogen-bond donors (Lipinski definition) is 1. The van der Waals surface area contributed by atoms with Gasteiger partial charge >= 0.3 is 0 Å². The van der Waals surface area contributed by atoms with E-state index in [1.165, 1.54) is 0 Å². The Morgan fingerprint density at radius 1 is 1.12 bits per heavy atom. The van der Waals surface area contributed by atoms with Gasteiger partial charge in [-0.3, -0.25) is 4.79 Å². The highest BCUT2D eigenvalue weighted by Gasteiger charge is 2.51. The normalized spacial score (nSPS) is 14.8. The minimum Gasteiger partial charge on any atom is -0.487 e. The molecule has 0 bridgehead atoms. The molecular formula is C19H19Cl2NO3. The van der Waals surface area contributed by atoms with E-state index in [0.717, 1.165) is 18.4 Å². The van der Waals surface area contributed by atoms with Crippen molar-refractivity contribution in [1.82, 2.24) is 0 Å². The number of carbonyl (C=O) groups excluding carboxylic acids is 1. The molecule has 6 heteroatoms. The topological polar surface area (TPSA) is 47.6 Å². The van der Waals surface area contributed by atoms with Gasteiger partial charge in [0.15, 0.2) is 5.75 Å². The van der Waals surface area contributed by atoms with Gasteiger partial charge in [-0.2, -0.15) is 0 Å². The second kappa shape index (κ2) is 7.65. The van der Waals surface area contributed by atoms with Crippen molar-refractivity contribution in [1.29, 1.82) is 0 Å². The maximum Gasteiger partial charge on any atom is 0.235 e. The lowest BCUT2D eigenvalue weighted by molar-refractivity contribution is -0.118. The van der Waals surface area contributed by atoms with Gasteiger partial charge in [0.05, 0.1) is 22.7 Å². The van der Waals surface area contributed by atoms with E-state index < -0.39 is 5.41 Å². The zero-order chi connectivity index (χ0) is 17.9. The van der Waals surface area contributed by atoms with Crippen LogP contribution in [0.25, 0.3) is 0 Å². The van der Waals surface area contributed by atoms with Crippen LogP contribution in [-0.2, 0) is 14.9 Å². The van der Waals surface area contributed by atoms with E-state index in [1.54, 1.807) is 25.3 Å². The van der Waals surface area contributed by atoms with Crippen LogP contribution in [0, 0.1) is 0 Å². The quantitative estimate of drug-likeness (QED) is 0.709. The number of hydrogen-bond acceptors (Lipinski definition) is 3. The first-order chi connectivity index (χ1) is 12.1. The van der Waals surface area contributed by atoms with E-state index in [9.17, 15) is 4.79 Å². The summed E-state index contributed by atoms with van der Waals surface area (Å²) in [6, 6.07) is 12.7. The second-order valence-electron chi connectivity index (χ2n) is 6.00. The van der Waals surface area contributed by atoms with E-state index in [0.29, 0.717) is 34.7 Å². The number of para-hydroxylation sites is 1. The summed E-state index contributed by atoms with van der Waals surface area (Å²) < 4.78 is 10.7. The highest BCUT2D eigenvalue weighted by molar-refractivity contribution is 6.32. The van der Waals surface area contributed by atoms with Crippen molar-refractivity contribution in [2.75, 3.05) is 25.6 Å². The highest BCUT2D eigenvalue weighted by Crippen LogP contribution is 2.49. The molecule has 1 amide bonds. The molecule has 132 valence electrons. The highest BCUT2D eigenvalue weighted by atomic mass is 35.5. The predicted molar refractivity (Wildman–Crippen MR) is 99.8 cm³/mol. The smallest absolute Gasteiger partial charge is 0.235 e. The Morgan fingerprint density at radius 3 is 2.48 bits per heavy atom. The summed E-state index contributed by atoms with van der Waals surface area (Å²) in [6.07, 6.45) is 1.61. The van der Waals surface area contributed by atoms with E-state index in [-0.39, 0.29) is 5.91 Å². The summed E-state index contributed by atoms with van der Waals surface area (Å²) in [6.45, 7) is 0.790. The SMILES string of the molecule is COCCOc1c(Cl)cccc1NC(=O)C1(c2ccc(Cl)cc2)CC1. The zero-order valence-electron chi connectivity index (χ0n) is 13.9. The fourth-order valence-electron chi connectivity index (χ4n) is 2.76. The maximum absolute atomic E-state index is 12.9. The predicted octanol–water partition coefficient (Wildman–Crippen LogP) is 4.69. The number of halogens is 2. The molecule has 2 aromatic carbocycles. The number of carbonyl (C=O) groups is 1. The molecule has 0 radical (unpaired) electrons. The monoisotopic (exact) mass is 379 g/mol. The Bertz CT molecular complexity index is 758. The van der Waals surface area contributed by atoms with Gasteiger partial charge in [0.1, 0.15) is 6.61 Å². The largest absolute Gasteiger partial charge is 0.487 e. The van der Waals surface area contributed by atoms with Gasteiger partial charge in [-0.25, -0.2) is 0 Å². The Balaban J connectivity index is 1.79. The van der Waals surface area contributed by atoms with Gasteiger partial charge in [0.25, 0.3) is 0 Å². The lowest BCUT2D eigenvalue weighted by Gasteiger charge is -2.18. The maximum atomic E-state index is 12.9. The first-order valence-electron chi connectivity index (χ1n) is 8.04. The molecule has 0 unspecified atom stereocenters. The molecule has 25 heavy (non-hydrogen) atoms. The zero-order valence-corrected chi connectivity index (χ0v) is 15.4. The summed E-state index contributed by atoms with van der Waals surface area (Å²) in [5.41, 5.74) is 1.03. The second-order valence-corrected chi connectivity index (χ2v) is 6.84. The first kappa shape index (κ1) is 18.1. The molecule has 0 aromatic heterocycles. The van der Waals surface area contributed by atoms with Gasteiger partial charge in [-0.1, -0.05) is 41.4 Å². The molecule has 1 aliphatic rings. The first-order valence-corrected chi connectivity index (χ1v) is 8.80. The van der Waals surface area contributed by atoms with Crippen LogP contribution >= 0.6 is 23.2 Å². The van der Waals surface area contributed by atoms with E-state index in [1.807, 2.05) is 24.3 Å². The third-order valence-electron chi connectivity index (χ3n) is 4.33. The fraction of sp³-hybridized carbons (Fsp3) is 0.316. The van der Waals surface area contributed by atoms with Gasteiger partial charge in [-0.05, 0) is 42.7 Å². The Labute approximate surface area is 157 Å². The molecule has 0 aliphatic heterocycles. The third kappa shape index (κ3) is 3.92.